The van der Waals surface area contributed by atoms with Crippen molar-refractivity contribution in [3.05, 3.63) is 30.3 Å². The Hall–Kier alpha value is -0.313. The molecule has 0 aromatic heterocycles. The number of aliphatic hydroxyl groups excluding tert-OH is 1. The van der Waals surface area contributed by atoms with E-state index in [0.29, 0.717) is 0 Å². The lowest BCUT2D eigenvalue weighted by atomic mass is 10.4. The van der Waals surface area contributed by atoms with E-state index in [4.69, 9.17) is 16.7 Å². The molecule has 0 fully saturated rings. The minimum atomic E-state index is -1.52. The number of alkyl halides is 1. The highest BCUT2D eigenvalue weighted by Gasteiger charge is 2.27. The number of rotatable bonds is 5. The molecule has 0 radical (unpaired) electrons. The van der Waals surface area contributed by atoms with Gasteiger partial charge in [0, 0.05) is 12.1 Å². The van der Waals surface area contributed by atoms with E-state index in [-0.39, 0.29) is 6.61 Å². The molecule has 0 aliphatic rings. The molecule has 14 heavy (non-hydrogen) atoms. The van der Waals surface area contributed by atoms with Crippen molar-refractivity contribution in [3.63, 3.8) is 0 Å². The normalized spacial score (nSPS) is 15.1. The zero-order valence-corrected chi connectivity index (χ0v) is 10.3. The quantitative estimate of drug-likeness (QED) is 0.605. The smallest absolute Gasteiger partial charge is 0.0989 e. The van der Waals surface area contributed by atoms with E-state index < -0.39 is 8.07 Å². The Bertz CT molecular complexity index is 265. The molecule has 0 heterocycles. The van der Waals surface area contributed by atoms with Gasteiger partial charge in [0.05, 0.1) is 8.07 Å². The first kappa shape index (κ1) is 11.8. The summed E-state index contributed by atoms with van der Waals surface area (Å²) in [7, 11) is -1.52. The summed E-state index contributed by atoms with van der Waals surface area (Å²) in [6.45, 7) is 2.55. The average Bonchev–Trinajstić information content (AvgIpc) is 2.27. The highest BCUT2D eigenvalue weighted by Crippen LogP contribution is 2.14. The summed E-state index contributed by atoms with van der Waals surface area (Å²) in [6.07, 6.45) is 0.865. The van der Waals surface area contributed by atoms with E-state index >= 15 is 0 Å². The van der Waals surface area contributed by atoms with Crippen LogP contribution in [0.2, 0.25) is 12.6 Å². The van der Waals surface area contributed by atoms with Gasteiger partial charge in [0.1, 0.15) is 0 Å². The Morgan fingerprint density at radius 2 is 1.93 bits per heavy atom. The number of aliphatic hydroxyl groups is 1. The summed E-state index contributed by atoms with van der Waals surface area (Å²) in [4.78, 5) is 0. The van der Waals surface area contributed by atoms with Crippen molar-refractivity contribution < 1.29 is 5.11 Å². The molecular formula is C11H17ClOSi. The number of hydrogen-bond donors (Lipinski definition) is 1. The van der Waals surface area contributed by atoms with Gasteiger partial charge in [0.2, 0.25) is 0 Å². The molecule has 0 saturated carbocycles. The van der Waals surface area contributed by atoms with Gasteiger partial charge in [-0.3, -0.25) is 0 Å². The first-order chi connectivity index (χ1) is 6.73. The van der Waals surface area contributed by atoms with Gasteiger partial charge in [-0.1, -0.05) is 48.1 Å². The van der Waals surface area contributed by atoms with Gasteiger partial charge in [-0.15, -0.1) is 11.6 Å². The molecule has 0 spiro atoms. The fraction of sp³-hybridized carbons (Fsp3) is 0.455. The lowest BCUT2D eigenvalue weighted by Gasteiger charge is -2.24. The molecule has 78 valence electrons. The number of benzene rings is 1. The summed E-state index contributed by atoms with van der Waals surface area (Å²) >= 11 is 6.06. The molecule has 1 unspecified atom stereocenters. The van der Waals surface area contributed by atoms with Gasteiger partial charge in [-0.25, -0.2) is 0 Å². The van der Waals surface area contributed by atoms with Crippen molar-refractivity contribution >= 4 is 24.9 Å². The van der Waals surface area contributed by atoms with Gasteiger partial charge in [0.25, 0.3) is 0 Å². The highest BCUT2D eigenvalue weighted by atomic mass is 35.5. The molecule has 0 aliphatic carbocycles. The molecule has 0 saturated heterocycles. The fourth-order valence-corrected chi connectivity index (χ4v) is 4.97. The Morgan fingerprint density at radius 3 is 2.43 bits per heavy atom. The minimum Gasteiger partial charge on any atom is -0.396 e. The largest absolute Gasteiger partial charge is 0.396 e. The SMILES string of the molecule is C[Si](CCl)(CCCO)c1ccccc1. The van der Waals surface area contributed by atoms with Gasteiger partial charge in [0.15, 0.2) is 0 Å². The summed E-state index contributed by atoms with van der Waals surface area (Å²) in [5.41, 5.74) is 0.733. The minimum absolute atomic E-state index is 0.270. The molecule has 1 rings (SSSR count). The van der Waals surface area contributed by atoms with Crippen molar-refractivity contribution in [1.82, 2.24) is 0 Å². The monoisotopic (exact) mass is 228 g/mol. The van der Waals surface area contributed by atoms with Crippen LogP contribution in [-0.2, 0) is 0 Å². The Morgan fingerprint density at radius 1 is 1.29 bits per heavy atom. The molecule has 0 aliphatic heterocycles. The maximum atomic E-state index is 8.85. The summed E-state index contributed by atoms with van der Waals surface area (Å²) in [5, 5.41) is 10.2. The molecular weight excluding hydrogens is 212 g/mol. The molecule has 1 aromatic carbocycles. The van der Waals surface area contributed by atoms with Crippen LogP contribution in [-0.4, -0.2) is 25.3 Å². The fourth-order valence-electron chi connectivity index (χ4n) is 1.60. The van der Waals surface area contributed by atoms with Crippen LogP contribution in [0.1, 0.15) is 6.42 Å². The van der Waals surface area contributed by atoms with Crippen LogP contribution >= 0.6 is 11.6 Å². The summed E-state index contributed by atoms with van der Waals surface area (Å²) < 4.78 is 0. The van der Waals surface area contributed by atoms with E-state index in [1.54, 1.807) is 0 Å². The zero-order valence-electron chi connectivity index (χ0n) is 8.54. The van der Waals surface area contributed by atoms with Crippen LogP contribution < -0.4 is 5.19 Å². The third kappa shape index (κ3) is 2.84. The van der Waals surface area contributed by atoms with Gasteiger partial charge in [-0.05, 0) is 6.42 Å². The van der Waals surface area contributed by atoms with Crippen LogP contribution in [0, 0.1) is 0 Å². The van der Waals surface area contributed by atoms with Crippen LogP contribution in [0.5, 0.6) is 0 Å². The lowest BCUT2D eigenvalue weighted by molar-refractivity contribution is 0.294. The van der Waals surface area contributed by atoms with Crippen molar-refractivity contribution in [2.75, 3.05) is 12.1 Å². The Labute approximate surface area is 91.7 Å². The lowest BCUT2D eigenvalue weighted by Crippen LogP contribution is -2.47. The average molecular weight is 229 g/mol. The van der Waals surface area contributed by atoms with Crippen molar-refractivity contribution in [3.8, 4) is 0 Å². The molecule has 3 heteroatoms. The van der Waals surface area contributed by atoms with Crippen molar-refractivity contribution in [2.24, 2.45) is 0 Å². The number of hydrogen-bond acceptors (Lipinski definition) is 1. The maximum Gasteiger partial charge on any atom is 0.0989 e. The van der Waals surface area contributed by atoms with E-state index in [1.807, 2.05) is 6.07 Å². The molecule has 0 bridgehead atoms. The second kappa shape index (κ2) is 5.54. The third-order valence-corrected chi connectivity index (χ3v) is 8.20. The Kier molecular flexibility index (Phi) is 4.65. The molecule has 1 N–H and O–H groups in total. The molecule has 1 nitrogen and oxygen atoms in total. The predicted octanol–water partition coefficient (Wildman–Crippen LogP) is 2.13. The molecule has 1 atom stereocenters. The predicted molar refractivity (Wildman–Crippen MR) is 64.9 cm³/mol. The first-order valence-electron chi connectivity index (χ1n) is 4.95. The second-order valence-electron chi connectivity index (χ2n) is 3.89. The number of halogens is 1. The van der Waals surface area contributed by atoms with Crippen LogP contribution in [0.4, 0.5) is 0 Å². The van der Waals surface area contributed by atoms with E-state index in [2.05, 4.69) is 30.8 Å². The second-order valence-corrected chi connectivity index (χ2v) is 9.16. The third-order valence-electron chi connectivity index (χ3n) is 2.65. The summed E-state index contributed by atoms with van der Waals surface area (Å²) in [5.74, 6) is 0. The van der Waals surface area contributed by atoms with Gasteiger partial charge in [-0.2, -0.15) is 0 Å². The van der Waals surface area contributed by atoms with E-state index in [0.717, 1.165) is 18.0 Å². The highest BCUT2D eigenvalue weighted by molar-refractivity contribution is 6.95. The van der Waals surface area contributed by atoms with Crippen molar-refractivity contribution in [1.29, 1.82) is 0 Å². The van der Waals surface area contributed by atoms with E-state index in [1.165, 1.54) is 5.19 Å². The maximum absolute atomic E-state index is 8.85. The standard InChI is InChI=1S/C11H17ClOSi/c1-14(10-12,9-5-8-13)11-6-3-2-4-7-11/h2-4,6-7,13H,5,8-10H2,1H3. The zero-order chi connectivity index (χ0) is 10.4. The molecule has 0 amide bonds. The molecule has 1 aromatic rings. The topological polar surface area (TPSA) is 20.2 Å². The van der Waals surface area contributed by atoms with Gasteiger partial charge >= 0.3 is 0 Å². The summed E-state index contributed by atoms with van der Waals surface area (Å²) in [6, 6.07) is 11.5. The Balaban J connectivity index is 2.79. The first-order valence-corrected chi connectivity index (χ1v) is 8.40. The van der Waals surface area contributed by atoms with Crippen LogP contribution in [0.3, 0.4) is 0 Å². The van der Waals surface area contributed by atoms with Crippen LogP contribution in [0.15, 0.2) is 30.3 Å². The van der Waals surface area contributed by atoms with Gasteiger partial charge < -0.3 is 5.11 Å². The van der Waals surface area contributed by atoms with Crippen LogP contribution in [0.25, 0.3) is 0 Å². The van der Waals surface area contributed by atoms with E-state index in [9.17, 15) is 0 Å². The van der Waals surface area contributed by atoms with Crippen molar-refractivity contribution in [2.45, 2.75) is 19.0 Å².